The Balaban J connectivity index is 1.49. The van der Waals surface area contributed by atoms with Crippen LogP contribution in [0.5, 0.6) is 0 Å². The maximum absolute atomic E-state index is 14.1. The summed E-state index contributed by atoms with van der Waals surface area (Å²) in [6.07, 6.45) is 0.759. The molecule has 178 valence electrons. The third-order valence-corrected chi connectivity index (χ3v) is 6.02. The van der Waals surface area contributed by atoms with Gasteiger partial charge in [-0.25, -0.2) is 9.18 Å². The van der Waals surface area contributed by atoms with Gasteiger partial charge in [-0.3, -0.25) is 9.59 Å². The van der Waals surface area contributed by atoms with Crippen molar-refractivity contribution in [3.8, 4) is 0 Å². The fourth-order valence-corrected chi connectivity index (χ4v) is 4.37. The monoisotopic (exact) mass is 487 g/mol. The van der Waals surface area contributed by atoms with Crippen molar-refractivity contribution in [2.24, 2.45) is 11.5 Å². The maximum Gasteiger partial charge on any atom is 0.429 e. The van der Waals surface area contributed by atoms with Gasteiger partial charge in [0.05, 0.1) is 17.0 Å². The van der Waals surface area contributed by atoms with Crippen LogP contribution in [0.1, 0.15) is 17.5 Å². The number of primary amides is 1. The predicted octanol–water partition coefficient (Wildman–Crippen LogP) is 1.73. The first-order valence-corrected chi connectivity index (χ1v) is 10.9. The largest absolute Gasteiger partial charge is 0.429 e. The molecule has 5 N–H and O–H groups in total. The number of hydrogen-bond donors (Lipinski definition) is 3. The molecule has 4 rings (SSSR count). The molecule has 1 aromatic heterocycles. The van der Waals surface area contributed by atoms with Crippen LogP contribution in [0.15, 0.2) is 48.7 Å². The van der Waals surface area contributed by atoms with Crippen LogP contribution in [0.2, 0.25) is 5.02 Å². The Labute approximate surface area is 199 Å². The summed E-state index contributed by atoms with van der Waals surface area (Å²) in [6, 6.07) is 10.4. The van der Waals surface area contributed by atoms with Crippen molar-refractivity contribution in [2.45, 2.75) is 31.5 Å². The lowest BCUT2D eigenvalue weighted by Crippen LogP contribution is -2.46. The number of carbonyl (C=O) groups excluding carboxylic acids is 3. The Hall–Kier alpha value is -3.63. The summed E-state index contributed by atoms with van der Waals surface area (Å²) in [5.74, 6) is -1.35. The first-order valence-electron chi connectivity index (χ1n) is 10.6. The number of carbonyl (C=O) groups is 3. The molecule has 1 saturated heterocycles. The van der Waals surface area contributed by atoms with Crippen LogP contribution in [-0.4, -0.2) is 46.2 Å². The molecule has 1 fully saturated rings. The molecule has 2 atom stereocenters. The van der Waals surface area contributed by atoms with E-state index in [1.54, 1.807) is 30.3 Å². The van der Waals surface area contributed by atoms with Crippen LogP contribution < -0.4 is 21.6 Å². The number of nitrogens with zero attached hydrogens (tertiary/aromatic N) is 2. The highest BCUT2D eigenvalue weighted by Crippen LogP contribution is 2.24. The Kier molecular flexibility index (Phi) is 6.71. The van der Waals surface area contributed by atoms with E-state index in [1.165, 1.54) is 28.0 Å². The Morgan fingerprint density at radius 3 is 2.68 bits per heavy atom. The number of likely N-dealkylation sites (tertiary alicyclic amines) is 1. The van der Waals surface area contributed by atoms with Gasteiger partial charge in [0.25, 0.3) is 0 Å². The van der Waals surface area contributed by atoms with Gasteiger partial charge in [-0.1, -0.05) is 41.9 Å². The summed E-state index contributed by atoms with van der Waals surface area (Å²) in [7, 11) is 0. The van der Waals surface area contributed by atoms with Crippen molar-refractivity contribution >= 4 is 40.4 Å². The van der Waals surface area contributed by atoms with Crippen LogP contribution in [0, 0.1) is 5.82 Å². The molecule has 0 aliphatic carbocycles. The molecule has 0 spiro atoms. The van der Waals surface area contributed by atoms with Gasteiger partial charge in [-0.2, -0.15) is 4.73 Å². The number of fused-ring (bicyclic) bond motifs is 1. The Morgan fingerprint density at radius 2 is 1.91 bits per heavy atom. The summed E-state index contributed by atoms with van der Waals surface area (Å²) in [4.78, 5) is 43.7. The third-order valence-electron chi connectivity index (χ3n) is 5.73. The van der Waals surface area contributed by atoms with Crippen LogP contribution in [0.3, 0.4) is 0 Å². The molecule has 34 heavy (non-hydrogen) atoms. The smallest absolute Gasteiger partial charge is 0.350 e. The number of hydrogen-bond acceptors (Lipinski definition) is 5. The molecule has 3 aromatic rings. The summed E-state index contributed by atoms with van der Waals surface area (Å²) >= 11 is 5.79. The van der Waals surface area contributed by atoms with E-state index in [1.807, 2.05) is 0 Å². The average Bonchev–Trinajstić information content (AvgIpc) is 3.35. The van der Waals surface area contributed by atoms with Gasteiger partial charge in [0, 0.05) is 36.3 Å². The predicted molar refractivity (Wildman–Crippen MR) is 123 cm³/mol. The van der Waals surface area contributed by atoms with E-state index in [0.717, 1.165) is 0 Å². The van der Waals surface area contributed by atoms with E-state index in [4.69, 9.17) is 27.9 Å². The van der Waals surface area contributed by atoms with E-state index in [-0.39, 0.29) is 48.5 Å². The summed E-state index contributed by atoms with van der Waals surface area (Å²) in [5, 5.41) is 3.34. The van der Waals surface area contributed by atoms with Gasteiger partial charge in [0.1, 0.15) is 11.9 Å². The zero-order valence-corrected chi connectivity index (χ0v) is 18.8. The van der Waals surface area contributed by atoms with Gasteiger partial charge < -0.3 is 26.5 Å². The van der Waals surface area contributed by atoms with Crippen molar-refractivity contribution < 1.29 is 23.6 Å². The van der Waals surface area contributed by atoms with E-state index in [2.05, 4.69) is 5.32 Å². The first kappa shape index (κ1) is 23.5. The second kappa shape index (κ2) is 9.70. The van der Waals surface area contributed by atoms with E-state index in [9.17, 15) is 18.8 Å². The minimum Gasteiger partial charge on any atom is -0.350 e. The fourth-order valence-electron chi connectivity index (χ4n) is 4.17. The van der Waals surface area contributed by atoms with E-state index >= 15 is 0 Å². The SMILES string of the molecule is NC(=O)On1cc(CC(=O)N2C[C@@H](N)C[C@H]2C(=O)NCc2cccc(Cl)c2F)c2ccccc21. The summed E-state index contributed by atoms with van der Waals surface area (Å²) < 4.78 is 15.3. The van der Waals surface area contributed by atoms with E-state index in [0.29, 0.717) is 16.5 Å². The third kappa shape index (κ3) is 4.82. The number of nitrogens with one attached hydrogen (secondary N) is 1. The van der Waals surface area contributed by atoms with Crippen molar-refractivity contribution in [3.63, 3.8) is 0 Å². The molecular formula is C23H23ClFN5O4. The highest BCUT2D eigenvalue weighted by Gasteiger charge is 2.38. The van der Waals surface area contributed by atoms with Crippen molar-refractivity contribution in [1.82, 2.24) is 14.9 Å². The topological polar surface area (TPSA) is 133 Å². The lowest BCUT2D eigenvalue weighted by Gasteiger charge is -2.24. The van der Waals surface area contributed by atoms with Gasteiger partial charge in [-0.15, -0.1) is 0 Å². The zero-order chi connectivity index (χ0) is 24.4. The van der Waals surface area contributed by atoms with Gasteiger partial charge in [0.15, 0.2) is 0 Å². The lowest BCUT2D eigenvalue weighted by molar-refractivity contribution is -0.138. The van der Waals surface area contributed by atoms with Crippen molar-refractivity contribution in [3.05, 3.63) is 70.6 Å². The molecule has 0 saturated carbocycles. The molecule has 0 bridgehead atoms. The minimum absolute atomic E-state index is 0.0362. The lowest BCUT2D eigenvalue weighted by atomic mass is 10.1. The standard InChI is InChI=1S/C23H23ClFN5O4/c24-17-6-3-4-13(21(17)25)10-28-22(32)19-9-15(26)12-29(19)20(31)8-14-11-30(34-23(27)33)18-7-2-1-5-16(14)18/h1-7,11,15,19H,8-10,12,26H2,(H2,27,33)(H,28,32)/t15-,19-/m0/s1. The van der Waals surface area contributed by atoms with Crippen molar-refractivity contribution in [2.75, 3.05) is 6.54 Å². The average molecular weight is 488 g/mol. The van der Waals surface area contributed by atoms with Gasteiger partial charge in [0.2, 0.25) is 11.8 Å². The second-order valence-corrected chi connectivity index (χ2v) is 8.48. The van der Waals surface area contributed by atoms with Crippen LogP contribution in [-0.2, 0) is 22.6 Å². The second-order valence-electron chi connectivity index (χ2n) is 8.07. The Morgan fingerprint density at radius 1 is 1.15 bits per heavy atom. The fraction of sp³-hybridized carbons (Fsp3) is 0.261. The van der Waals surface area contributed by atoms with Gasteiger partial charge in [-0.05, 0) is 24.1 Å². The first-order chi connectivity index (χ1) is 16.2. The number of amides is 3. The molecule has 0 unspecified atom stereocenters. The normalized spacial score (nSPS) is 17.7. The Bertz CT molecular complexity index is 1260. The number of benzene rings is 2. The molecule has 3 amide bonds. The number of rotatable bonds is 6. The van der Waals surface area contributed by atoms with Crippen LogP contribution in [0.25, 0.3) is 10.9 Å². The summed E-state index contributed by atoms with van der Waals surface area (Å²) in [5.41, 5.74) is 12.6. The zero-order valence-electron chi connectivity index (χ0n) is 18.0. The summed E-state index contributed by atoms with van der Waals surface area (Å²) in [6.45, 7) is 0.135. The molecule has 11 heteroatoms. The number of aromatic nitrogens is 1. The molecule has 1 aliphatic rings. The molecular weight excluding hydrogens is 465 g/mol. The maximum atomic E-state index is 14.1. The molecule has 0 radical (unpaired) electrons. The molecule has 9 nitrogen and oxygen atoms in total. The van der Waals surface area contributed by atoms with Crippen LogP contribution >= 0.6 is 11.6 Å². The molecule has 2 aromatic carbocycles. The highest BCUT2D eigenvalue weighted by atomic mass is 35.5. The van der Waals surface area contributed by atoms with Crippen molar-refractivity contribution in [1.29, 1.82) is 0 Å². The quantitative estimate of drug-likeness (QED) is 0.487. The molecule has 1 aliphatic heterocycles. The van der Waals surface area contributed by atoms with E-state index < -0.39 is 23.9 Å². The number of halogens is 2. The van der Waals surface area contributed by atoms with Gasteiger partial charge >= 0.3 is 6.09 Å². The van der Waals surface area contributed by atoms with Crippen LogP contribution in [0.4, 0.5) is 9.18 Å². The minimum atomic E-state index is -0.989. The highest BCUT2D eigenvalue weighted by molar-refractivity contribution is 6.30. The molecule has 2 heterocycles. The number of nitrogens with two attached hydrogens (primary N) is 2. The number of para-hydroxylation sites is 1.